The maximum atomic E-state index is 12.8. The van der Waals surface area contributed by atoms with Gasteiger partial charge in [0.2, 0.25) is 4.75 Å². The van der Waals surface area contributed by atoms with Gasteiger partial charge in [-0.15, -0.1) is 0 Å². The van der Waals surface area contributed by atoms with E-state index in [1.807, 2.05) is 0 Å². The second-order valence-electron chi connectivity index (χ2n) is 5.87. The number of aromatic amines is 1. The zero-order valence-electron chi connectivity index (χ0n) is 12.8. The number of fused-ring (bicyclic) bond motifs is 1. The third kappa shape index (κ3) is 2.64. The highest BCUT2D eigenvalue weighted by molar-refractivity contribution is 7.87. The number of hydrogen-bond acceptors (Lipinski definition) is 6. The number of carbonyl (C=O) groups excluding carboxylic acids is 1. The summed E-state index contributed by atoms with van der Waals surface area (Å²) in [6.07, 6.45) is 0.811. The van der Waals surface area contributed by atoms with Crippen LogP contribution < -0.4 is 5.73 Å². The van der Waals surface area contributed by atoms with Gasteiger partial charge in [0.25, 0.3) is 10.1 Å². The van der Waals surface area contributed by atoms with Crippen molar-refractivity contribution < 1.29 is 27.7 Å². The normalized spacial score (nSPS) is 21.1. The van der Waals surface area contributed by atoms with E-state index in [1.165, 1.54) is 12.3 Å². The van der Waals surface area contributed by atoms with E-state index in [4.69, 9.17) is 10.8 Å². The second kappa shape index (κ2) is 5.76. The van der Waals surface area contributed by atoms with Gasteiger partial charge < -0.3 is 15.8 Å². The summed E-state index contributed by atoms with van der Waals surface area (Å²) in [4.78, 5) is 30.2. The topological polar surface area (TPSA) is 163 Å². The Morgan fingerprint density at radius 1 is 1.40 bits per heavy atom. The molecular weight excluding hydrogens is 350 g/mol. The van der Waals surface area contributed by atoms with Crippen LogP contribution in [-0.2, 0) is 32.5 Å². The number of ketones is 1. The number of H-pyrrole nitrogens is 1. The van der Waals surface area contributed by atoms with Gasteiger partial charge in [0.05, 0.1) is 0 Å². The molecule has 0 saturated carbocycles. The van der Waals surface area contributed by atoms with Gasteiger partial charge in [0, 0.05) is 30.3 Å². The predicted molar refractivity (Wildman–Crippen MR) is 85.6 cm³/mol. The van der Waals surface area contributed by atoms with Crippen LogP contribution in [0.3, 0.4) is 0 Å². The number of nitrogens with two attached hydrogens (primary N) is 1. The molecule has 2 atom stereocenters. The van der Waals surface area contributed by atoms with Crippen LogP contribution in [0, 0.1) is 0 Å². The number of Topliss-reactive ketones (excluding diaryl/α,β-unsaturated/α-hetero) is 1. The van der Waals surface area contributed by atoms with Gasteiger partial charge in [-0.05, 0) is 5.56 Å². The summed E-state index contributed by atoms with van der Waals surface area (Å²) in [5.74, 6) is -2.28. The lowest BCUT2D eigenvalue weighted by Gasteiger charge is -2.21. The number of benzene rings is 1. The monoisotopic (exact) mass is 365 g/mol. The van der Waals surface area contributed by atoms with E-state index in [9.17, 15) is 22.6 Å². The van der Waals surface area contributed by atoms with E-state index < -0.39 is 32.7 Å². The fourth-order valence-electron chi connectivity index (χ4n) is 2.98. The molecule has 0 radical (unpaired) electrons. The van der Waals surface area contributed by atoms with Crippen LogP contribution in [0.1, 0.15) is 27.4 Å². The molecule has 2 aromatic rings. The number of carboxylic acid groups (broad SMARTS) is 1. The van der Waals surface area contributed by atoms with Crippen molar-refractivity contribution in [1.29, 1.82) is 0 Å². The molecule has 2 unspecified atom stereocenters. The zero-order valence-corrected chi connectivity index (χ0v) is 13.7. The van der Waals surface area contributed by atoms with Gasteiger partial charge in [-0.1, -0.05) is 24.3 Å². The number of nitrogens with zero attached hydrogens (tertiary/aromatic N) is 1. The van der Waals surface area contributed by atoms with Gasteiger partial charge in [0.1, 0.15) is 11.9 Å². The van der Waals surface area contributed by atoms with Crippen LogP contribution in [0.25, 0.3) is 0 Å². The van der Waals surface area contributed by atoms with Gasteiger partial charge in [-0.3, -0.25) is 14.1 Å². The van der Waals surface area contributed by atoms with Crippen molar-refractivity contribution in [3.8, 4) is 0 Å². The average Bonchev–Trinajstić information content (AvgIpc) is 3.10. The molecule has 3 rings (SSSR count). The van der Waals surface area contributed by atoms with Crippen molar-refractivity contribution >= 4 is 21.9 Å². The molecule has 1 heterocycles. The number of aliphatic carboxylic acids is 1. The molecule has 0 aliphatic heterocycles. The minimum Gasteiger partial charge on any atom is -0.480 e. The molecule has 0 saturated heterocycles. The van der Waals surface area contributed by atoms with Gasteiger partial charge >= 0.3 is 5.97 Å². The zero-order chi connectivity index (χ0) is 18.4. The Hall–Kier alpha value is -2.56. The fraction of sp³-hybridized carbons (Fsp3) is 0.267. The van der Waals surface area contributed by atoms with Crippen molar-refractivity contribution in [1.82, 2.24) is 9.97 Å². The van der Waals surface area contributed by atoms with Crippen LogP contribution in [-0.4, -0.2) is 45.8 Å². The summed E-state index contributed by atoms with van der Waals surface area (Å²) in [5.41, 5.74) is 6.36. The first kappa shape index (κ1) is 17.3. The first-order valence-corrected chi connectivity index (χ1v) is 8.73. The SMILES string of the molecule is NC(Cc1cnc(C2(S(=O)(=O)O)Cc3ccccc3C2=O)[nH]1)C(=O)O. The Balaban J connectivity index is 2.07. The lowest BCUT2D eigenvalue weighted by atomic mass is 10.0. The van der Waals surface area contributed by atoms with Crippen molar-refractivity contribution in [2.75, 3.05) is 0 Å². The van der Waals surface area contributed by atoms with Gasteiger partial charge in [0.15, 0.2) is 5.78 Å². The molecule has 25 heavy (non-hydrogen) atoms. The van der Waals surface area contributed by atoms with Crippen LogP contribution in [0.5, 0.6) is 0 Å². The van der Waals surface area contributed by atoms with E-state index in [0.29, 0.717) is 5.56 Å². The van der Waals surface area contributed by atoms with E-state index in [1.54, 1.807) is 18.2 Å². The highest BCUT2D eigenvalue weighted by Crippen LogP contribution is 2.42. The molecule has 9 nitrogen and oxygen atoms in total. The van der Waals surface area contributed by atoms with E-state index in [2.05, 4.69) is 9.97 Å². The van der Waals surface area contributed by atoms with E-state index in [-0.39, 0.29) is 29.9 Å². The van der Waals surface area contributed by atoms with E-state index >= 15 is 0 Å². The van der Waals surface area contributed by atoms with Gasteiger partial charge in [-0.25, -0.2) is 4.98 Å². The number of imidazole rings is 1. The fourth-order valence-corrected chi connectivity index (χ4v) is 4.01. The minimum absolute atomic E-state index is 0.134. The number of carboxylic acids is 1. The summed E-state index contributed by atoms with van der Waals surface area (Å²) < 4.78 is 31.8. The Morgan fingerprint density at radius 3 is 2.68 bits per heavy atom. The van der Waals surface area contributed by atoms with Crippen LogP contribution in [0.4, 0.5) is 0 Å². The molecule has 0 spiro atoms. The highest BCUT2D eigenvalue weighted by Gasteiger charge is 2.58. The Labute approximate surface area is 142 Å². The number of hydrogen-bond donors (Lipinski definition) is 4. The van der Waals surface area contributed by atoms with E-state index in [0.717, 1.165) is 0 Å². The predicted octanol–water partition coefficient (Wildman–Crippen LogP) is -0.114. The second-order valence-corrected chi connectivity index (χ2v) is 7.52. The number of nitrogens with one attached hydrogen (secondary N) is 1. The molecule has 5 N–H and O–H groups in total. The molecule has 0 amide bonds. The summed E-state index contributed by atoms with van der Waals surface area (Å²) >= 11 is 0. The summed E-state index contributed by atoms with van der Waals surface area (Å²) in [6, 6.07) is 5.12. The van der Waals surface area contributed by atoms with Crippen molar-refractivity contribution in [3.63, 3.8) is 0 Å². The molecule has 0 fully saturated rings. The van der Waals surface area contributed by atoms with Crippen molar-refractivity contribution in [2.45, 2.75) is 23.6 Å². The number of aromatic nitrogens is 2. The highest BCUT2D eigenvalue weighted by atomic mass is 32.2. The number of rotatable bonds is 5. The number of carbonyl (C=O) groups is 2. The van der Waals surface area contributed by atoms with Crippen molar-refractivity contribution in [3.05, 3.63) is 53.1 Å². The first-order valence-electron chi connectivity index (χ1n) is 7.29. The minimum atomic E-state index is -4.86. The standard InChI is InChI=1S/C15H15N3O6S/c16-11(13(20)21)5-9-7-17-14(18-9)15(25(22,23)24)6-8-3-1-2-4-10(8)12(15)19/h1-4,7,11H,5-6,16H2,(H,17,18)(H,20,21)(H,22,23,24). The molecule has 1 aliphatic carbocycles. The lowest BCUT2D eigenvalue weighted by Crippen LogP contribution is -2.42. The smallest absolute Gasteiger partial charge is 0.320 e. The third-order valence-electron chi connectivity index (χ3n) is 4.28. The molecule has 132 valence electrons. The molecular formula is C15H15N3O6S. The van der Waals surface area contributed by atoms with Crippen LogP contribution in [0.2, 0.25) is 0 Å². The molecule has 10 heteroatoms. The van der Waals surface area contributed by atoms with Gasteiger partial charge in [-0.2, -0.15) is 8.42 Å². The average molecular weight is 365 g/mol. The summed E-state index contributed by atoms with van der Waals surface area (Å²) in [7, 11) is -4.86. The Bertz CT molecular complexity index is 967. The van der Waals surface area contributed by atoms with Crippen LogP contribution in [0.15, 0.2) is 30.5 Å². The molecule has 1 aliphatic rings. The summed E-state index contributed by atoms with van der Waals surface area (Å²) in [6.45, 7) is 0. The Kier molecular flexibility index (Phi) is 3.98. The quantitative estimate of drug-likeness (QED) is 0.533. The molecule has 0 bridgehead atoms. The lowest BCUT2D eigenvalue weighted by molar-refractivity contribution is -0.138. The van der Waals surface area contributed by atoms with Crippen LogP contribution >= 0.6 is 0 Å². The molecule has 1 aromatic heterocycles. The maximum absolute atomic E-state index is 12.8. The third-order valence-corrected chi connectivity index (χ3v) is 5.68. The maximum Gasteiger partial charge on any atom is 0.320 e. The molecule has 1 aromatic carbocycles. The summed E-state index contributed by atoms with van der Waals surface area (Å²) in [5, 5.41) is 8.85. The largest absolute Gasteiger partial charge is 0.480 e. The Morgan fingerprint density at radius 2 is 2.08 bits per heavy atom. The van der Waals surface area contributed by atoms with Crippen molar-refractivity contribution in [2.24, 2.45) is 5.73 Å². The first-order chi connectivity index (χ1) is 11.7.